The number of benzene rings is 2. The number of hydrogen-bond acceptors (Lipinski definition) is 2. The van der Waals surface area contributed by atoms with E-state index in [1.54, 1.807) is 18.2 Å². The molecule has 0 radical (unpaired) electrons. The van der Waals surface area contributed by atoms with Crippen LogP contribution in [0.5, 0.6) is 0 Å². The molecule has 0 saturated heterocycles. The van der Waals surface area contributed by atoms with Crippen LogP contribution in [-0.2, 0) is 0 Å². The second-order valence-corrected chi connectivity index (χ2v) is 5.45. The van der Waals surface area contributed by atoms with E-state index in [0.717, 1.165) is 5.56 Å². The van der Waals surface area contributed by atoms with Crippen LogP contribution in [0.25, 0.3) is 22.2 Å². The van der Waals surface area contributed by atoms with Crippen molar-refractivity contribution in [3.63, 3.8) is 0 Å². The fourth-order valence-electron chi connectivity index (χ4n) is 2.64. The van der Waals surface area contributed by atoms with E-state index < -0.39 is 0 Å². The predicted octanol–water partition coefficient (Wildman–Crippen LogP) is 4.75. The van der Waals surface area contributed by atoms with Gasteiger partial charge in [0.05, 0.1) is 26.8 Å². The Morgan fingerprint density at radius 3 is 2.45 bits per heavy atom. The lowest BCUT2D eigenvalue weighted by molar-refractivity contribution is 0.104. The minimum Gasteiger partial charge on any atom is -0.288 e. The molecule has 4 rings (SSSR count). The molecule has 0 bridgehead atoms. The van der Waals surface area contributed by atoms with Gasteiger partial charge in [0.25, 0.3) is 0 Å². The van der Waals surface area contributed by atoms with E-state index in [-0.39, 0.29) is 5.78 Å². The van der Waals surface area contributed by atoms with Crippen molar-refractivity contribution in [2.45, 2.75) is 0 Å². The number of para-hydroxylation sites is 1. The van der Waals surface area contributed by atoms with Crippen molar-refractivity contribution < 1.29 is 4.79 Å². The highest BCUT2D eigenvalue weighted by Crippen LogP contribution is 2.42. The molecule has 3 aromatic rings. The monoisotopic (exact) mass is 299 g/mol. The zero-order chi connectivity index (χ0) is 13.9. The standard InChI is InChI=1S/C16H7Cl2NO/c17-11-7-3-6-10-13(18)12-15(19-14(10)11)8-4-1-2-5-9(8)16(12)20/h1-7H. The van der Waals surface area contributed by atoms with E-state index in [1.807, 2.05) is 24.3 Å². The van der Waals surface area contributed by atoms with Gasteiger partial charge < -0.3 is 0 Å². The van der Waals surface area contributed by atoms with Gasteiger partial charge in [-0.05, 0) is 6.07 Å². The second kappa shape index (κ2) is 4.05. The Kier molecular flexibility index (Phi) is 2.40. The smallest absolute Gasteiger partial charge is 0.197 e. The van der Waals surface area contributed by atoms with Gasteiger partial charge in [-0.25, -0.2) is 4.98 Å². The topological polar surface area (TPSA) is 30.0 Å². The number of nitrogens with zero attached hydrogens (tertiary/aromatic N) is 1. The quantitative estimate of drug-likeness (QED) is 0.469. The summed E-state index contributed by atoms with van der Waals surface area (Å²) in [6.45, 7) is 0. The van der Waals surface area contributed by atoms with E-state index in [1.165, 1.54) is 0 Å². The van der Waals surface area contributed by atoms with Gasteiger partial charge in [0.15, 0.2) is 5.78 Å². The lowest BCUT2D eigenvalue weighted by Crippen LogP contribution is -1.97. The van der Waals surface area contributed by atoms with E-state index in [4.69, 9.17) is 23.2 Å². The predicted molar refractivity (Wildman–Crippen MR) is 80.6 cm³/mol. The molecule has 0 N–H and O–H groups in total. The number of rotatable bonds is 0. The molecular weight excluding hydrogens is 293 g/mol. The Labute approximate surface area is 125 Å². The third-order valence-electron chi connectivity index (χ3n) is 3.56. The van der Waals surface area contributed by atoms with Gasteiger partial charge in [0.1, 0.15) is 0 Å². The zero-order valence-corrected chi connectivity index (χ0v) is 11.7. The molecule has 1 aliphatic rings. The minimum atomic E-state index is -0.0741. The normalized spacial score (nSPS) is 12.6. The SMILES string of the molecule is O=C1c2ccccc2-c2nc3c(Cl)cccc3c(Cl)c21. The zero-order valence-electron chi connectivity index (χ0n) is 10.2. The number of pyridine rings is 1. The first-order valence-electron chi connectivity index (χ1n) is 6.10. The maximum Gasteiger partial charge on any atom is 0.197 e. The lowest BCUT2D eigenvalue weighted by atomic mass is 10.1. The van der Waals surface area contributed by atoms with Gasteiger partial charge in [0.2, 0.25) is 0 Å². The molecule has 0 spiro atoms. The largest absolute Gasteiger partial charge is 0.288 e. The fraction of sp³-hybridized carbons (Fsp3) is 0. The maximum atomic E-state index is 12.5. The van der Waals surface area contributed by atoms with Crippen LogP contribution < -0.4 is 0 Å². The Morgan fingerprint density at radius 1 is 0.900 bits per heavy atom. The van der Waals surface area contributed by atoms with Gasteiger partial charge in [-0.2, -0.15) is 0 Å². The molecule has 0 saturated carbocycles. The number of ketones is 1. The Balaban J connectivity index is 2.21. The number of fused-ring (bicyclic) bond motifs is 4. The fourth-order valence-corrected chi connectivity index (χ4v) is 3.18. The van der Waals surface area contributed by atoms with Crippen molar-refractivity contribution in [1.29, 1.82) is 0 Å². The van der Waals surface area contributed by atoms with Crippen LogP contribution in [0.15, 0.2) is 42.5 Å². The molecular formula is C16H7Cl2NO. The molecule has 96 valence electrons. The number of hydrogen-bond donors (Lipinski definition) is 0. The molecule has 0 unspecified atom stereocenters. The summed E-state index contributed by atoms with van der Waals surface area (Å²) in [6, 6.07) is 12.8. The third-order valence-corrected chi connectivity index (χ3v) is 4.25. The summed E-state index contributed by atoms with van der Waals surface area (Å²) >= 11 is 12.6. The van der Waals surface area contributed by atoms with Crippen LogP contribution in [0, 0.1) is 0 Å². The van der Waals surface area contributed by atoms with Crippen LogP contribution in [0.3, 0.4) is 0 Å². The number of aromatic nitrogens is 1. The van der Waals surface area contributed by atoms with Gasteiger partial charge in [-0.3, -0.25) is 4.79 Å². The molecule has 1 aromatic heterocycles. The first-order chi connectivity index (χ1) is 9.68. The van der Waals surface area contributed by atoms with E-state index in [2.05, 4.69) is 4.98 Å². The van der Waals surface area contributed by atoms with Crippen LogP contribution in [-0.4, -0.2) is 10.8 Å². The number of halogens is 2. The van der Waals surface area contributed by atoms with Crippen molar-refractivity contribution >= 4 is 39.9 Å². The molecule has 0 fully saturated rings. The van der Waals surface area contributed by atoms with Crippen molar-refractivity contribution in [2.75, 3.05) is 0 Å². The van der Waals surface area contributed by atoms with Crippen LogP contribution in [0.1, 0.15) is 15.9 Å². The van der Waals surface area contributed by atoms with Crippen molar-refractivity contribution in [2.24, 2.45) is 0 Å². The Morgan fingerprint density at radius 2 is 1.65 bits per heavy atom. The number of carbonyl (C=O) groups excluding carboxylic acids is 1. The van der Waals surface area contributed by atoms with E-state index >= 15 is 0 Å². The summed E-state index contributed by atoms with van der Waals surface area (Å²) in [6.07, 6.45) is 0. The summed E-state index contributed by atoms with van der Waals surface area (Å²) in [5, 5.41) is 1.66. The van der Waals surface area contributed by atoms with Gasteiger partial charge in [-0.15, -0.1) is 0 Å². The highest BCUT2D eigenvalue weighted by atomic mass is 35.5. The van der Waals surface area contributed by atoms with Crippen LogP contribution >= 0.6 is 23.2 Å². The molecule has 0 amide bonds. The summed E-state index contributed by atoms with van der Waals surface area (Å²) < 4.78 is 0. The summed E-state index contributed by atoms with van der Waals surface area (Å²) in [5.74, 6) is -0.0741. The van der Waals surface area contributed by atoms with Crippen molar-refractivity contribution in [3.8, 4) is 11.3 Å². The molecule has 1 aliphatic carbocycles. The highest BCUT2D eigenvalue weighted by Gasteiger charge is 2.31. The maximum absolute atomic E-state index is 12.5. The first-order valence-corrected chi connectivity index (χ1v) is 6.86. The second-order valence-electron chi connectivity index (χ2n) is 4.66. The summed E-state index contributed by atoms with van der Waals surface area (Å²) in [4.78, 5) is 17.1. The molecule has 0 atom stereocenters. The molecule has 2 aromatic carbocycles. The Bertz CT molecular complexity index is 902. The lowest BCUT2D eigenvalue weighted by Gasteiger charge is -2.07. The highest BCUT2D eigenvalue weighted by molar-refractivity contribution is 6.43. The average Bonchev–Trinajstić information content (AvgIpc) is 2.75. The molecule has 2 nitrogen and oxygen atoms in total. The summed E-state index contributed by atoms with van der Waals surface area (Å²) in [5.41, 5.74) is 3.18. The number of carbonyl (C=O) groups is 1. The van der Waals surface area contributed by atoms with E-state index in [0.29, 0.717) is 37.8 Å². The van der Waals surface area contributed by atoms with Gasteiger partial charge in [-0.1, -0.05) is 59.6 Å². The third kappa shape index (κ3) is 1.41. The van der Waals surface area contributed by atoms with Crippen LogP contribution in [0.4, 0.5) is 0 Å². The van der Waals surface area contributed by atoms with Gasteiger partial charge in [0, 0.05) is 16.5 Å². The molecule has 20 heavy (non-hydrogen) atoms. The van der Waals surface area contributed by atoms with Gasteiger partial charge >= 0.3 is 0 Å². The Hall–Kier alpha value is -1.90. The average molecular weight is 300 g/mol. The molecule has 1 heterocycles. The van der Waals surface area contributed by atoms with Crippen molar-refractivity contribution in [3.05, 3.63) is 63.6 Å². The van der Waals surface area contributed by atoms with Crippen LogP contribution in [0.2, 0.25) is 10.0 Å². The summed E-state index contributed by atoms with van der Waals surface area (Å²) in [7, 11) is 0. The minimum absolute atomic E-state index is 0.0741. The first kappa shape index (κ1) is 11.9. The van der Waals surface area contributed by atoms with Crippen molar-refractivity contribution in [1.82, 2.24) is 4.98 Å². The molecule has 0 aliphatic heterocycles. The van der Waals surface area contributed by atoms with E-state index in [9.17, 15) is 4.79 Å². The molecule has 4 heteroatoms.